The number of halogens is 3. The third-order valence-electron chi connectivity index (χ3n) is 6.33. The lowest BCUT2D eigenvalue weighted by Gasteiger charge is -2.27. The molecule has 0 spiro atoms. The Kier molecular flexibility index (Phi) is 8.80. The first-order valence-corrected chi connectivity index (χ1v) is 12.3. The standard InChI is InChI=1S/C27H36F3N3O2/c1-18(2)16-26(3,31)17-35-23-10-9-20(14-22(23)27(28,29)30)21-12-13-32-24(15-21)33-25(34)11-8-19-6-4-5-7-19/h9-10,12-15,18-19H,4-8,11,16-17,31H2,1-3H3,(H,32,33,34)/t26-/m0/s1. The molecule has 1 atom stereocenters. The SMILES string of the molecule is CC(C)C[C@](C)(N)COc1ccc(-c2ccnc(NC(=O)CCC3CCCC3)c2)cc1C(F)(F)F. The molecule has 35 heavy (non-hydrogen) atoms. The van der Waals surface area contributed by atoms with Crippen LogP contribution in [-0.4, -0.2) is 23.0 Å². The van der Waals surface area contributed by atoms with Gasteiger partial charge in [-0.1, -0.05) is 45.6 Å². The van der Waals surface area contributed by atoms with Gasteiger partial charge in [0.25, 0.3) is 0 Å². The number of hydrogen-bond donors (Lipinski definition) is 2. The number of hydrogen-bond acceptors (Lipinski definition) is 4. The zero-order valence-electron chi connectivity index (χ0n) is 20.8. The summed E-state index contributed by atoms with van der Waals surface area (Å²) in [7, 11) is 0. The highest BCUT2D eigenvalue weighted by atomic mass is 19.4. The van der Waals surface area contributed by atoms with Crippen molar-refractivity contribution in [3.8, 4) is 16.9 Å². The molecule has 0 aliphatic heterocycles. The summed E-state index contributed by atoms with van der Waals surface area (Å²) in [6.45, 7) is 5.75. The lowest BCUT2D eigenvalue weighted by molar-refractivity contribution is -0.139. The minimum Gasteiger partial charge on any atom is -0.491 e. The molecular weight excluding hydrogens is 455 g/mol. The van der Waals surface area contributed by atoms with Crippen LogP contribution in [0.2, 0.25) is 0 Å². The van der Waals surface area contributed by atoms with E-state index in [-0.39, 0.29) is 18.3 Å². The maximum Gasteiger partial charge on any atom is 0.419 e. The summed E-state index contributed by atoms with van der Waals surface area (Å²) in [6.07, 6.45) is 3.56. The van der Waals surface area contributed by atoms with Crippen LogP contribution in [0.5, 0.6) is 5.75 Å². The summed E-state index contributed by atoms with van der Waals surface area (Å²) in [4.78, 5) is 16.5. The van der Waals surface area contributed by atoms with E-state index in [4.69, 9.17) is 10.5 Å². The monoisotopic (exact) mass is 491 g/mol. The van der Waals surface area contributed by atoms with Gasteiger partial charge in [0, 0.05) is 18.2 Å². The van der Waals surface area contributed by atoms with E-state index in [0.717, 1.165) is 12.5 Å². The number of rotatable bonds is 10. The number of benzene rings is 1. The topological polar surface area (TPSA) is 77.2 Å². The molecule has 1 aromatic carbocycles. The minimum atomic E-state index is -4.60. The van der Waals surface area contributed by atoms with Crippen molar-refractivity contribution in [3.05, 3.63) is 42.1 Å². The number of carbonyl (C=O) groups excluding carboxylic acids is 1. The number of amides is 1. The molecule has 0 unspecified atom stereocenters. The lowest BCUT2D eigenvalue weighted by atomic mass is 9.93. The van der Waals surface area contributed by atoms with E-state index in [1.165, 1.54) is 37.9 Å². The fraction of sp³-hybridized carbons (Fsp3) is 0.556. The first kappa shape index (κ1) is 27.0. The molecule has 0 radical (unpaired) electrons. The molecule has 3 N–H and O–H groups in total. The van der Waals surface area contributed by atoms with Crippen LogP contribution in [0.3, 0.4) is 0 Å². The second-order valence-corrected chi connectivity index (χ2v) is 10.4. The van der Waals surface area contributed by atoms with Crippen LogP contribution in [0.25, 0.3) is 11.1 Å². The Bertz CT molecular complexity index is 999. The molecule has 1 saturated carbocycles. The van der Waals surface area contributed by atoms with Gasteiger partial charge in [0.05, 0.1) is 5.56 Å². The summed E-state index contributed by atoms with van der Waals surface area (Å²) in [5.74, 6) is 0.829. The maximum absolute atomic E-state index is 13.9. The molecule has 1 aliphatic rings. The number of carbonyl (C=O) groups is 1. The van der Waals surface area contributed by atoms with Gasteiger partial charge in [0.2, 0.25) is 5.91 Å². The number of nitrogens with two attached hydrogens (primary N) is 1. The average molecular weight is 492 g/mol. The highest BCUT2D eigenvalue weighted by Gasteiger charge is 2.35. The van der Waals surface area contributed by atoms with Crippen LogP contribution < -0.4 is 15.8 Å². The van der Waals surface area contributed by atoms with Crippen LogP contribution in [0, 0.1) is 11.8 Å². The molecule has 1 aromatic heterocycles. The smallest absolute Gasteiger partial charge is 0.419 e. The van der Waals surface area contributed by atoms with Crippen molar-refractivity contribution in [1.29, 1.82) is 0 Å². The van der Waals surface area contributed by atoms with Gasteiger partial charge in [0.1, 0.15) is 18.2 Å². The van der Waals surface area contributed by atoms with Crippen LogP contribution in [0.4, 0.5) is 19.0 Å². The van der Waals surface area contributed by atoms with Gasteiger partial charge in [-0.05, 0) is 67.0 Å². The molecule has 1 amide bonds. The Morgan fingerprint density at radius 2 is 1.86 bits per heavy atom. The number of anilines is 1. The van der Waals surface area contributed by atoms with E-state index in [0.29, 0.717) is 41.6 Å². The van der Waals surface area contributed by atoms with E-state index in [1.807, 2.05) is 13.8 Å². The van der Waals surface area contributed by atoms with Crippen molar-refractivity contribution < 1.29 is 22.7 Å². The summed E-state index contributed by atoms with van der Waals surface area (Å²) in [5.41, 5.74) is 5.47. The normalized spacial score (nSPS) is 16.3. The molecule has 3 rings (SSSR count). The third-order valence-corrected chi connectivity index (χ3v) is 6.33. The van der Waals surface area contributed by atoms with E-state index in [1.54, 1.807) is 25.1 Å². The maximum atomic E-state index is 13.9. The van der Waals surface area contributed by atoms with Gasteiger partial charge in [-0.15, -0.1) is 0 Å². The largest absolute Gasteiger partial charge is 0.491 e. The molecule has 1 fully saturated rings. The van der Waals surface area contributed by atoms with Gasteiger partial charge >= 0.3 is 6.18 Å². The number of alkyl halides is 3. The highest BCUT2D eigenvalue weighted by Crippen LogP contribution is 2.39. The van der Waals surface area contributed by atoms with Crippen molar-refractivity contribution in [3.63, 3.8) is 0 Å². The number of ether oxygens (including phenoxy) is 1. The average Bonchev–Trinajstić information content (AvgIpc) is 3.29. The fourth-order valence-electron chi connectivity index (χ4n) is 4.81. The number of nitrogens with zero attached hydrogens (tertiary/aromatic N) is 1. The zero-order valence-corrected chi connectivity index (χ0v) is 20.8. The van der Waals surface area contributed by atoms with Crippen molar-refractivity contribution in [2.24, 2.45) is 17.6 Å². The Labute approximate surface area is 205 Å². The summed E-state index contributed by atoms with van der Waals surface area (Å²) in [6, 6.07) is 7.16. The van der Waals surface area contributed by atoms with Gasteiger partial charge in [0.15, 0.2) is 0 Å². The third kappa shape index (κ3) is 8.23. The molecule has 0 bridgehead atoms. The van der Waals surface area contributed by atoms with Crippen LogP contribution in [0.1, 0.15) is 71.3 Å². The molecule has 192 valence electrons. The van der Waals surface area contributed by atoms with Gasteiger partial charge in [-0.25, -0.2) is 4.98 Å². The van der Waals surface area contributed by atoms with Gasteiger partial charge in [-0.2, -0.15) is 13.2 Å². The molecule has 8 heteroatoms. The van der Waals surface area contributed by atoms with Crippen molar-refractivity contribution in [2.75, 3.05) is 11.9 Å². The summed E-state index contributed by atoms with van der Waals surface area (Å²) >= 11 is 0. The van der Waals surface area contributed by atoms with Gasteiger partial charge in [-0.3, -0.25) is 4.79 Å². The molecule has 0 saturated heterocycles. The summed E-state index contributed by atoms with van der Waals surface area (Å²) < 4.78 is 47.1. The van der Waals surface area contributed by atoms with Crippen molar-refractivity contribution in [2.45, 2.75) is 77.4 Å². The number of nitrogens with one attached hydrogen (secondary N) is 1. The quantitative estimate of drug-likeness (QED) is 0.382. The van der Waals surface area contributed by atoms with E-state index >= 15 is 0 Å². The second kappa shape index (κ2) is 11.4. The Morgan fingerprint density at radius 3 is 2.51 bits per heavy atom. The lowest BCUT2D eigenvalue weighted by Crippen LogP contribution is -2.43. The number of pyridine rings is 1. The first-order chi connectivity index (χ1) is 16.4. The predicted octanol–water partition coefficient (Wildman–Crippen LogP) is 6.82. The fourth-order valence-corrected chi connectivity index (χ4v) is 4.81. The second-order valence-electron chi connectivity index (χ2n) is 10.4. The van der Waals surface area contributed by atoms with Crippen molar-refractivity contribution in [1.82, 2.24) is 4.98 Å². The summed E-state index contributed by atoms with van der Waals surface area (Å²) in [5, 5.41) is 2.77. The first-order valence-electron chi connectivity index (χ1n) is 12.3. The van der Waals surface area contributed by atoms with Crippen LogP contribution in [0.15, 0.2) is 36.5 Å². The zero-order chi connectivity index (χ0) is 25.6. The highest BCUT2D eigenvalue weighted by molar-refractivity contribution is 5.90. The van der Waals surface area contributed by atoms with Crippen molar-refractivity contribution >= 4 is 11.7 Å². The molecule has 1 aliphatic carbocycles. The molecular formula is C27H36F3N3O2. The Hall–Kier alpha value is -2.61. The van der Waals surface area contributed by atoms with E-state index < -0.39 is 17.3 Å². The van der Waals surface area contributed by atoms with Gasteiger partial charge < -0.3 is 15.8 Å². The van der Waals surface area contributed by atoms with E-state index in [9.17, 15) is 18.0 Å². The Balaban J connectivity index is 1.73. The Morgan fingerprint density at radius 1 is 1.17 bits per heavy atom. The predicted molar refractivity (Wildman–Crippen MR) is 132 cm³/mol. The minimum absolute atomic E-state index is 0.0279. The number of aromatic nitrogens is 1. The van der Waals surface area contributed by atoms with Crippen LogP contribution in [-0.2, 0) is 11.0 Å². The molecule has 5 nitrogen and oxygen atoms in total. The molecule has 1 heterocycles. The van der Waals surface area contributed by atoms with Crippen LogP contribution >= 0.6 is 0 Å². The molecule has 2 aromatic rings. The van der Waals surface area contributed by atoms with E-state index in [2.05, 4.69) is 10.3 Å².